The van der Waals surface area contributed by atoms with Gasteiger partial charge in [0.2, 0.25) is 0 Å². The van der Waals surface area contributed by atoms with E-state index in [-0.39, 0.29) is 11.7 Å². The number of aromatic nitrogens is 2. The number of fused-ring (bicyclic) bond motifs is 1. The zero-order valence-electron chi connectivity index (χ0n) is 13.1. The van der Waals surface area contributed by atoms with E-state index in [0.29, 0.717) is 22.7 Å². The molecule has 3 aromatic rings. The van der Waals surface area contributed by atoms with E-state index in [1.807, 2.05) is 7.05 Å². The molecule has 6 heteroatoms. The third kappa shape index (κ3) is 2.99. The first kappa shape index (κ1) is 15.7. The second-order valence-corrected chi connectivity index (χ2v) is 6.42. The van der Waals surface area contributed by atoms with E-state index in [4.69, 9.17) is 0 Å². The number of carbonyl (C=O) groups excluding carboxylic acids is 1. The molecule has 1 aromatic carbocycles. The number of hydrogen-bond acceptors (Lipinski definition) is 3. The second-order valence-electron chi connectivity index (χ2n) is 5.39. The van der Waals surface area contributed by atoms with Gasteiger partial charge in [-0.2, -0.15) is 5.10 Å². The van der Waals surface area contributed by atoms with E-state index in [0.717, 1.165) is 23.1 Å². The van der Waals surface area contributed by atoms with Crippen molar-refractivity contribution in [3.63, 3.8) is 0 Å². The number of rotatable bonds is 5. The molecule has 2 aromatic heterocycles. The van der Waals surface area contributed by atoms with Crippen molar-refractivity contribution in [3.8, 4) is 11.3 Å². The molecular weight excluding hydrogens is 313 g/mol. The molecule has 2 heterocycles. The predicted octanol–water partition coefficient (Wildman–Crippen LogP) is 3.97. The quantitative estimate of drug-likeness (QED) is 0.719. The Morgan fingerprint density at radius 3 is 2.91 bits per heavy atom. The van der Waals surface area contributed by atoms with Crippen LogP contribution in [0.4, 0.5) is 4.39 Å². The zero-order chi connectivity index (χ0) is 16.4. The zero-order valence-corrected chi connectivity index (χ0v) is 13.9. The highest BCUT2D eigenvalue weighted by Crippen LogP contribution is 2.34. The molecule has 3 rings (SSSR count). The molecule has 0 aliphatic heterocycles. The molecule has 120 valence electrons. The summed E-state index contributed by atoms with van der Waals surface area (Å²) < 4.78 is 15.8. The van der Waals surface area contributed by atoms with Gasteiger partial charge < -0.3 is 5.32 Å². The summed E-state index contributed by atoms with van der Waals surface area (Å²) in [6.07, 6.45) is 1.99. The number of nitrogens with one attached hydrogen (secondary N) is 1. The van der Waals surface area contributed by atoms with Gasteiger partial charge in [0.05, 0.1) is 4.88 Å². The van der Waals surface area contributed by atoms with Crippen LogP contribution >= 0.6 is 11.3 Å². The minimum atomic E-state index is -0.312. The van der Waals surface area contributed by atoms with Crippen LogP contribution < -0.4 is 5.32 Å². The van der Waals surface area contributed by atoms with E-state index in [1.165, 1.54) is 17.4 Å². The largest absolute Gasteiger partial charge is 0.351 e. The van der Waals surface area contributed by atoms with Gasteiger partial charge in [-0.25, -0.2) is 4.39 Å². The summed E-state index contributed by atoms with van der Waals surface area (Å²) in [5.74, 6) is -0.396. The highest BCUT2D eigenvalue weighted by molar-refractivity contribution is 7.20. The summed E-state index contributed by atoms with van der Waals surface area (Å²) in [7, 11) is 1.81. The van der Waals surface area contributed by atoms with Crippen molar-refractivity contribution in [2.75, 3.05) is 6.54 Å². The highest BCUT2D eigenvalue weighted by atomic mass is 32.1. The Balaban J connectivity index is 1.99. The van der Waals surface area contributed by atoms with E-state index < -0.39 is 0 Å². The van der Waals surface area contributed by atoms with E-state index >= 15 is 0 Å². The number of amides is 1. The smallest absolute Gasteiger partial charge is 0.261 e. The van der Waals surface area contributed by atoms with E-state index in [2.05, 4.69) is 17.3 Å². The molecule has 0 unspecified atom stereocenters. The van der Waals surface area contributed by atoms with Crippen molar-refractivity contribution in [1.82, 2.24) is 15.1 Å². The van der Waals surface area contributed by atoms with Crippen LogP contribution in [0.15, 0.2) is 30.3 Å². The first-order valence-electron chi connectivity index (χ1n) is 7.61. The monoisotopic (exact) mass is 331 g/mol. The molecule has 0 saturated carbocycles. The number of hydrogen-bond donors (Lipinski definition) is 1. The molecule has 0 saturated heterocycles. The van der Waals surface area contributed by atoms with Gasteiger partial charge in [0.25, 0.3) is 5.91 Å². The third-order valence-corrected chi connectivity index (χ3v) is 4.88. The number of nitrogens with zero attached hydrogens (tertiary/aromatic N) is 2. The van der Waals surface area contributed by atoms with E-state index in [9.17, 15) is 9.18 Å². The molecule has 0 atom stereocenters. The molecule has 23 heavy (non-hydrogen) atoms. The Kier molecular flexibility index (Phi) is 4.43. The topological polar surface area (TPSA) is 46.9 Å². The molecule has 0 radical (unpaired) electrons. The van der Waals surface area contributed by atoms with Crippen LogP contribution in [0.3, 0.4) is 0 Å². The summed E-state index contributed by atoms with van der Waals surface area (Å²) in [6.45, 7) is 2.75. The van der Waals surface area contributed by atoms with Crippen molar-refractivity contribution in [1.29, 1.82) is 0 Å². The summed E-state index contributed by atoms with van der Waals surface area (Å²) in [5.41, 5.74) is 1.03. The second kappa shape index (κ2) is 6.50. The van der Waals surface area contributed by atoms with Gasteiger partial charge in [-0.15, -0.1) is 11.3 Å². The lowest BCUT2D eigenvalue weighted by Gasteiger charge is -2.01. The number of unbranched alkanes of at least 4 members (excludes halogenated alkanes) is 1. The first-order valence-corrected chi connectivity index (χ1v) is 8.43. The highest BCUT2D eigenvalue weighted by Gasteiger charge is 2.19. The maximum absolute atomic E-state index is 14.1. The van der Waals surface area contributed by atoms with Crippen LogP contribution in [-0.4, -0.2) is 22.2 Å². The maximum atomic E-state index is 14.1. The Hall–Kier alpha value is -2.21. The van der Waals surface area contributed by atoms with Gasteiger partial charge in [-0.1, -0.05) is 25.5 Å². The number of halogens is 1. The van der Waals surface area contributed by atoms with Gasteiger partial charge in [-0.3, -0.25) is 9.48 Å². The van der Waals surface area contributed by atoms with Gasteiger partial charge >= 0.3 is 0 Å². The standard InChI is InChI=1S/C17H18FN3OS/c1-3-4-9-19-16(22)14-10-12-15(20-21(2)17(12)23-14)11-7-5-6-8-13(11)18/h5-8,10H,3-4,9H2,1-2H3,(H,19,22). The van der Waals surface area contributed by atoms with Crippen LogP contribution in [0, 0.1) is 5.82 Å². The van der Waals surface area contributed by atoms with Gasteiger partial charge in [0.1, 0.15) is 16.3 Å². The molecule has 1 N–H and O–H groups in total. The Morgan fingerprint density at radius 1 is 1.39 bits per heavy atom. The molecule has 0 fully saturated rings. The first-order chi connectivity index (χ1) is 11.1. The fourth-order valence-electron chi connectivity index (χ4n) is 2.47. The lowest BCUT2D eigenvalue weighted by Crippen LogP contribution is -2.23. The number of benzene rings is 1. The van der Waals surface area contributed by atoms with Crippen molar-refractivity contribution in [3.05, 3.63) is 41.0 Å². The number of carbonyl (C=O) groups is 1. The summed E-state index contributed by atoms with van der Waals surface area (Å²) >= 11 is 1.38. The third-order valence-electron chi connectivity index (χ3n) is 3.68. The van der Waals surface area contributed by atoms with Crippen LogP contribution in [0.1, 0.15) is 29.4 Å². The molecule has 1 amide bonds. The van der Waals surface area contributed by atoms with Crippen molar-refractivity contribution >= 4 is 27.5 Å². The van der Waals surface area contributed by atoms with Crippen LogP contribution in [-0.2, 0) is 7.05 Å². The van der Waals surface area contributed by atoms with Gasteiger partial charge in [0, 0.05) is 24.5 Å². The summed E-state index contributed by atoms with van der Waals surface area (Å²) in [4.78, 5) is 13.7. The van der Waals surface area contributed by atoms with Gasteiger partial charge in [-0.05, 0) is 24.6 Å². The molecule has 4 nitrogen and oxygen atoms in total. The predicted molar refractivity (Wildman–Crippen MR) is 91.2 cm³/mol. The number of aryl methyl sites for hydroxylation is 1. The summed E-state index contributed by atoms with van der Waals surface area (Å²) in [5, 5.41) is 8.13. The Bertz CT molecular complexity index is 853. The van der Waals surface area contributed by atoms with Crippen LogP contribution in [0.25, 0.3) is 21.5 Å². The fourth-order valence-corrected chi connectivity index (χ4v) is 3.46. The summed E-state index contributed by atoms with van der Waals surface area (Å²) in [6, 6.07) is 8.36. The fraction of sp³-hybridized carbons (Fsp3) is 0.294. The minimum Gasteiger partial charge on any atom is -0.351 e. The minimum absolute atomic E-state index is 0.0841. The van der Waals surface area contributed by atoms with Crippen LogP contribution in [0.5, 0.6) is 0 Å². The van der Waals surface area contributed by atoms with Crippen molar-refractivity contribution < 1.29 is 9.18 Å². The lowest BCUT2D eigenvalue weighted by atomic mass is 10.1. The Morgan fingerprint density at radius 2 is 2.17 bits per heavy atom. The maximum Gasteiger partial charge on any atom is 0.261 e. The average molecular weight is 331 g/mol. The average Bonchev–Trinajstić information content (AvgIpc) is 3.09. The van der Waals surface area contributed by atoms with Gasteiger partial charge in [0.15, 0.2) is 0 Å². The molecule has 0 aliphatic rings. The Labute approximate surface area is 137 Å². The van der Waals surface area contributed by atoms with Crippen molar-refractivity contribution in [2.24, 2.45) is 7.05 Å². The SMILES string of the molecule is CCCCNC(=O)c1cc2c(-c3ccccc3F)nn(C)c2s1. The number of thiophene rings is 1. The van der Waals surface area contributed by atoms with E-state index in [1.54, 1.807) is 28.9 Å². The molecule has 0 bridgehead atoms. The van der Waals surface area contributed by atoms with Crippen molar-refractivity contribution in [2.45, 2.75) is 19.8 Å². The van der Waals surface area contributed by atoms with Crippen LogP contribution in [0.2, 0.25) is 0 Å². The molecule has 0 aliphatic carbocycles. The lowest BCUT2D eigenvalue weighted by molar-refractivity contribution is 0.0957. The molecular formula is C17H18FN3OS. The molecule has 0 spiro atoms. The normalized spacial score (nSPS) is 11.1.